The Morgan fingerprint density at radius 1 is 1.46 bits per heavy atom. The summed E-state index contributed by atoms with van der Waals surface area (Å²) in [5.74, 6) is 4.22. The van der Waals surface area contributed by atoms with Gasteiger partial charge >= 0.3 is 5.97 Å². The Morgan fingerprint density at radius 2 is 2.23 bits per heavy atom. The molecule has 0 radical (unpaired) electrons. The van der Waals surface area contributed by atoms with Gasteiger partial charge in [0, 0.05) is 5.92 Å². The fourth-order valence-corrected chi connectivity index (χ4v) is 1.70. The van der Waals surface area contributed by atoms with Gasteiger partial charge in [-0.15, -0.1) is 0 Å². The number of rotatable bonds is 1. The molecule has 1 aliphatic carbocycles. The molecular formula is C10H12O3. The summed E-state index contributed by atoms with van der Waals surface area (Å²) in [6, 6.07) is 0. The van der Waals surface area contributed by atoms with Gasteiger partial charge in [-0.3, -0.25) is 9.59 Å². The van der Waals surface area contributed by atoms with Gasteiger partial charge in [-0.2, -0.15) is 0 Å². The molecule has 2 atom stereocenters. The summed E-state index contributed by atoms with van der Waals surface area (Å²) in [5, 5.41) is 8.76. The molecule has 0 aromatic heterocycles. The largest absolute Gasteiger partial charge is 0.481 e. The summed E-state index contributed by atoms with van der Waals surface area (Å²) in [6.07, 6.45) is 3.72. The summed E-state index contributed by atoms with van der Waals surface area (Å²) in [6.45, 7) is 0. The summed E-state index contributed by atoms with van der Waals surface area (Å²) < 4.78 is 0. The first-order valence-corrected chi connectivity index (χ1v) is 4.41. The standard InChI is InChI=1S/C10H12O3/c11-6-2-4-8-3-1-5-9(7-8)10(12)13/h6,8-9H,1,3,5,7H2,(H,12,13). The van der Waals surface area contributed by atoms with Gasteiger partial charge in [0.1, 0.15) is 0 Å². The van der Waals surface area contributed by atoms with E-state index in [0.29, 0.717) is 12.7 Å². The van der Waals surface area contributed by atoms with E-state index in [2.05, 4.69) is 11.8 Å². The van der Waals surface area contributed by atoms with Gasteiger partial charge in [-0.05, 0) is 25.2 Å². The average molecular weight is 180 g/mol. The van der Waals surface area contributed by atoms with E-state index in [1.807, 2.05) is 0 Å². The lowest BCUT2D eigenvalue weighted by molar-refractivity contribution is -0.143. The Kier molecular flexibility index (Phi) is 3.51. The maximum absolute atomic E-state index is 10.7. The highest BCUT2D eigenvalue weighted by atomic mass is 16.4. The lowest BCUT2D eigenvalue weighted by atomic mass is 9.82. The van der Waals surface area contributed by atoms with Crippen molar-refractivity contribution in [1.29, 1.82) is 0 Å². The predicted octanol–water partition coefficient (Wildman–Crippen LogP) is 1.08. The summed E-state index contributed by atoms with van der Waals surface area (Å²) >= 11 is 0. The van der Waals surface area contributed by atoms with Crippen LogP contribution in [0.5, 0.6) is 0 Å². The number of aldehydes is 1. The van der Waals surface area contributed by atoms with E-state index < -0.39 is 5.97 Å². The molecule has 0 spiro atoms. The van der Waals surface area contributed by atoms with Gasteiger partial charge in [-0.25, -0.2) is 0 Å². The molecule has 1 fully saturated rings. The van der Waals surface area contributed by atoms with E-state index in [4.69, 9.17) is 5.11 Å². The minimum absolute atomic E-state index is 0.0973. The third kappa shape index (κ3) is 2.90. The predicted molar refractivity (Wildman–Crippen MR) is 46.9 cm³/mol. The highest BCUT2D eigenvalue weighted by molar-refractivity contribution is 5.73. The van der Waals surface area contributed by atoms with Crippen molar-refractivity contribution < 1.29 is 14.7 Å². The van der Waals surface area contributed by atoms with E-state index in [0.717, 1.165) is 19.3 Å². The van der Waals surface area contributed by atoms with Crippen LogP contribution in [0.4, 0.5) is 0 Å². The van der Waals surface area contributed by atoms with E-state index in [1.54, 1.807) is 0 Å². The Morgan fingerprint density at radius 3 is 2.85 bits per heavy atom. The number of carbonyl (C=O) groups excluding carboxylic acids is 1. The molecule has 0 aromatic carbocycles. The third-order valence-corrected chi connectivity index (χ3v) is 2.37. The zero-order valence-corrected chi connectivity index (χ0v) is 7.32. The van der Waals surface area contributed by atoms with Crippen molar-refractivity contribution in [3.63, 3.8) is 0 Å². The minimum Gasteiger partial charge on any atom is -0.481 e. The Hall–Kier alpha value is -1.30. The molecule has 1 N–H and O–H groups in total. The van der Waals surface area contributed by atoms with Crippen LogP contribution in [-0.4, -0.2) is 17.4 Å². The van der Waals surface area contributed by atoms with Crippen LogP contribution >= 0.6 is 0 Å². The lowest BCUT2D eigenvalue weighted by Gasteiger charge is -2.22. The Balaban J connectivity index is 2.51. The first kappa shape index (κ1) is 9.79. The number of carbonyl (C=O) groups is 2. The fourth-order valence-electron chi connectivity index (χ4n) is 1.70. The minimum atomic E-state index is -0.738. The van der Waals surface area contributed by atoms with Crippen LogP contribution in [0.2, 0.25) is 0 Å². The van der Waals surface area contributed by atoms with Gasteiger partial charge in [0.25, 0.3) is 0 Å². The van der Waals surface area contributed by atoms with Crippen LogP contribution in [0.1, 0.15) is 25.7 Å². The van der Waals surface area contributed by atoms with E-state index in [9.17, 15) is 9.59 Å². The Bertz CT molecular complexity index is 259. The zero-order chi connectivity index (χ0) is 9.68. The van der Waals surface area contributed by atoms with Crippen LogP contribution in [0.15, 0.2) is 0 Å². The molecule has 0 heterocycles. The molecule has 0 saturated heterocycles. The van der Waals surface area contributed by atoms with Gasteiger partial charge in [0.15, 0.2) is 6.29 Å². The maximum Gasteiger partial charge on any atom is 0.306 e. The van der Waals surface area contributed by atoms with Crippen LogP contribution in [-0.2, 0) is 9.59 Å². The van der Waals surface area contributed by atoms with Crippen LogP contribution in [0, 0.1) is 23.7 Å². The molecule has 0 amide bonds. The van der Waals surface area contributed by atoms with Gasteiger partial charge in [0.2, 0.25) is 0 Å². The van der Waals surface area contributed by atoms with Crippen molar-refractivity contribution in [2.75, 3.05) is 0 Å². The fraction of sp³-hybridized carbons (Fsp3) is 0.600. The first-order chi connectivity index (χ1) is 6.24. The van der Waals surface area contributed by atoms with Crippen molar-refractivity contribution in [2.45, 2.75) is 25.7 Å². The van der Waals surface area contributed by atoms with Crippen molar-refractivity contribution >= 4 is 12.3 Å². The normalized spacial score (nSPS) is 27.1. The summed E-state index contributed by atoms with van der Waals surface area (Å²) in [7, 11) is 0. The number of carboxylic acid groups (broad SMARTS) is 1. The molecule has 1 aliphatic rings. The second-order valence-electron chi connectivity index (χ2n) is 3.31. The molecule has 1 saturated carbocycles. The SMILES string of the molecule is O=CC#CC1CCCC(C(=O)O)C1. The van der Waals surface area contributed by atoms with Crippen LogP contribution < -0.4 is 0 Å². The molecular weight excluding hydrogens is 168 g/mol. The highest BCUT2D eigenvalue weighted by Gasteiger charge is 2.25. The van der Waals surface area contributed by atoms with Crippen molar-refractivity contribution in [1.82, 2.24) is 0 Å². The van der Waals surface area contributed by atoms with Gasteiger partial charge < -0.3 is 5.11 Å². The highest BCUT2D eigenvalue weighted by Crippen LogP contribution is 2.28. The zero-order valence-electron chi connectivity index (χ0n) is 7.32. The summed E-state index contributed by atoms with van der Waals surface area (Å²) in [5.41, 5.74) is 0. The molecule has 0 aromatic rings. The Labute approximate surface area is 77.1 Å². The molecule has 13 heavy (non-hydrogen) atoms. The second kappa shape index (κ2) is 4.66. The molecule has 0 aliphatic heterocycles. The monoisotopic (exact) mass is 180 g/mol. The number of aliphatic carboxylic acids is 1. The van der Waals surface area contributed by atoms with Crippen LogP contribution in [0.3, 0.4) is 0 Å². The molecule has 0 bridgehead atoms. The van der Waals surface area contributed by atoms with Crippen molar-refractivity contribution in [3.8, 4) is 11.8 Å². The molecule has 3 nitrogen and oxygen atoms in total. The summed E-state index contributed by atoms with van der Waals surface area (Å²) in [4.78, 5) is 20.6. The number of hydrogen-bond acceptors (Lipinski definition) is 2. The maximum atomic E-state index is 10.7. The van der Waals surface area contributed by atoms with E-state index in [-0.39, 0.29) is 11.8 Å². The quantitative estimate of drug-likeness (QED) is 0.485. The van der Waals surface area contributed by atoms with E-state index >= 15 is 0 Å². The topological polar surface area (TPSA) is 54.4 Å². The van der Waals surface area contributed by atoms with Crippen molar-refractivity contribution in [2.24, 2.45) is 11.8 Å². The average Bonchev–Trinajstić information content (AvgIpc) is 2.15. The second-order valence-corrected chi connectivity index (χ2v) is 3.31. The number of carboxylic acids is 1. The van der Waals surface area contributed by atoms with Gasteiger partial charge in [0.05, 0.1) is 5.92 Å². The molecule has 3 heteroatoms. The third-order valence-electron chi connectivity index (χ3n) is 2.37. The first-order valence-electron chi connectivity index (χ1n) is 4.41. The molecule has 70 valence electrons. The van der Waals surface area contributed by atoms with Crippen molar-refractivity contribution in [3.05, 3.63) is 0 Å². The lowest BCUT2D eigenvalue weighted by Crippen LogP contribution is -2.21. The molecule has 2 unspecified atom stereocenters. The number of hydrogen-bond donors (Lipinski definition) is 1. The smallest absolute Gasteiger partial charge is 0.306 e. The van der Waals surface area contributed by atoms with Crippen LogP contribution in [0.25, 0.3) is 0 Å². The van der Waals surface area contributed by atoms with E-state index in [1.165, 1.54) is 0 Å². The van der Waals surface area contributed by atoms with Gasteiger partial charge in [-0.1, -0.05) is 12.3 Å². The molecule has 1 rings (SSSR count).